The van der Waals surface area contributed by atoms with Crippen LogP contribution in [0.2, 0.25) is 0 Å². The molecule has 3 aromatic carbocycles. The van der Waals surface area contributed by atoms with Crippen molar-refractivity contribution >= 4 is 24.4 Å². The van der Waals surface area contributed by atoms with E-state index in [1.165, 1.54) is 34.6 Å². The Morgan fingerprint density at radius 3 is 2.00 bits per heavy atom. The van der Waals surface area contributed by atoms with E-state index in [4.69, 9.17) is 9.73 Å². The molecule has 2 atom stereocenters. The molecule has 0 fully saturated rings. The molecular weight excluding hydrogens is 433 g/mol. The van der Waals surface area contributed by atoms with Crippen molar-refractivity contribution in [2.75, 3.05) is 6.61 Å². The van der Waals surface area contributed by atoms with Gasteiger partial charge in [0.2, 0.25) is 5.90 Å². The first-order valence-corrected chi connectivity index (χ1v) is 13.7. The third-order valence-electron chi connectivity index (χ3n) is 7.36. The van der Waals surface area contributed by atoms with Crippen molar-refractivity contribution in [3.05, 3.63) is 120 Å². The fourth-order valence-electron chi connectivity index (χ4n) is 5.83. The molecule has 34 heavy (non-hydrogen) atoms. The lowest BCUT2D eigenvalue weighted by atomic mass is 9.80. The van der Waals surface area contributed by atoms with E-state index in [1.54, 1.807) is 5.31 Å². The number of nitrogens with zero attached hydrogens (tertiary/aromatic N) is 1. The van der Waals surface area contributed by atoms with Crippen LogP contribution in [0.15, 0.2) is 119 Å². The van der Waals surface area contributed by atoms with Gasteiger partial charge in [-0.15, -0.1) is 0 Å². The van der Waals surface area contributed by atoms with E-state index >= 15 is 0 Å². The summed E-state index contributed by atoms with van der Waals surface area (Å²) in [4.78, 5) is 5.13. The second kappa shape index (κ2) is 9.35. The Hall–Kier alpha value is -2.96. The zero-order valence-electron chi connectivity index (χ0n) is 19.4. The van der Waals surface area contributed by atoms with E-state index < -0.39 is 7.92 Å². The van der Waals surface area contributed by atoms with Gasteiger partial charge in [0.1, 0.15) is 6.61 Å². The molecule has 0 N–H and O–H groups in total. The van der Waals surface area contributed by atoms with Crippen molar-refractivity contribution in [3.63, 3.8) is 0 Å². The summed E-state index contributed by atoms with van der Waals surface area (Å²) in [6, 6.07) is 33.1. The van der Waals surface area contributed by atoms with E-state index in [1.807, 2.05) is 0 Å². The summed E-state index contributed by atoms with van der Waals surface area (Å²) in [7, 11) is -0.594. The molecule has 2 aliphatic carbocycles. The van der Waals surface area contributed by atoms with Gasteiger partial charge < -0.3 is 4.74 Å². The first-order valence-electron chi connectivity index (χ1n) is 12.4. The lowest BCUT2D eigenvalue weighted by Gasteiger charge is -2.36. The summed E-state index contributed by atoms with van der Waals surface area (Å²) in [6.07, 6.45) is 10.5. The predicted octanol–water partition coefficient (Wildman–Crippen LogP) is 6.54. The molecule has 3 aliphatic rings. The van der Waals surface area contributed by atoms with Crippen LogP contribution in [0.5, 0.6) is 0 Å². The first kappa shape index (κ1) is 21.6. The van der Waals surface area contributed by atoms with Crippen molar-refractivity contribution in [2.24, 2.45) is 10.4 Å². The van der Waals surface area contributed by atoms with Crippen LogP contribution in [-0.2, 0) is 11.2 Å². The molecule has 0 amide bonds. The van der Waals surface area contributed by atoms with Crippen LogP contribution in [0.1, 0.15) is 31.2 Å². The normalized spacial score (nSPS) is 23.7. The molecule has 170 valence electrons. The summed E-state index contributed by atoms with van der Waals surface area (Å²) < 4.78 is 6.31. The van der Waals surface area contributed by atoms with Gasteiger partial charge in [0.05, 0.1) is 6.04 Å². The maximum absolute atomic E-state index is 6.31. The summed E-state index contributed by atoms with van der Waals surface area (Å²) in [6.45, 7) is 0.683. The van der Waals surface area contributed by atoms with E-state index in [2.05, 4.69) is 103 Å². The van der Waals surface area contributed by atoms with Crippen molar-refractivity contribution in [2.45, 2.75) is 38.1 Å². The zero-order valence-corrected chi connectivity index (χ0v) is 20.3. The van der Waals surface area contributed by atoms with Crippen LogP contribution >= 0.6 is 7.92 Å². The highest BCUT2D eigenvalue weighted by molar-refractivity contribution is 7.76. The SMILES string of the molecule is C1=C(C2=N[C@@H](Cc3ccccc3)CO2)[C@]2(CC1)CCC=C2P(c1ccccc1)c1ccccc1. The maximum Gasteiger partial charge on any atom is 0.212 e. The van der Waals surface area contributed by atoms with Crippen molar-refractivity contribution < 1.29 is 4.74 Å². The van der Waals surface area contributed by atoms with Crippen LogP contribution < -0.4 is 10.6 Å². The molecule has 0 unspecified atom stereocenters. The zero-order chi connectivity index (χ0) is 22.8. The lowest BCUT2D eigenvalue weighted by Crippen LogP contribution is -2.28. The Balaban J connectivity index is 1.34. The number of hydrogen-bond acceptors (Lipinski definition) is 2. The van der Waals surface area contributed by atoms with Crippen LogP contribution in [0.3, 0.4) is 0 Å². The molecule has 6 rings (SSSR count). The fraction of sp³-hybridized carbons (Fsp3) is 0.258. The van der Waals surface area contributed by atoms with Crippen molar-refractivity contribution in [1.29, 1.82) is 0 Å². The summed E-state index contributed by atoms with van der Waals surface area (Å²) in [5.74, 6) is 0.905. The number of allylic oxidation sites excluding steroid dienone is 3. The Morgan fingerprint density at radius 2 is 1.35 bits per heavy atom. The van der Waals surface area contributed by atoms with E-state index in [-0.39, 0.29) is 11.5 Å². The van der Waals surface area contributed by atoms with Crippen LogP contribution in [0, 0.1) is 5.41 Å². The molecule has 1 spiro atoms. The second-order valence-electron chi connectivity index (χ2n) is 9.46. The molecule has 1 aliphatic heterocycles. The standard InChI is InChI=1S/C31H30NOP/c1-4-12-24(13-5-1)22-25-23-33-30(32-25)28-18-10-20-31(28)21-11-19-29(31)34(26-14-6-2-7-15-26)27-16-8-3-9-17-27/h1-9,12-19,25H,10-11,20-23H2/t25-,31-/m0/s1. The van der Waals surface area contributed by atoms with Gasteiger partial charge >= 0.3 is 0 Å². The smallest absolute Gasteiger partial charge is 0.212 e. The van der Waals surface area contributed by atoms with Gasteiger partial charge in [0.15, 0.2) is 0 Å². The van der Waals surface area contributed by atoms with Gasteiger partial charge in [0, 0.05) is 11.0 Å². The van der Waals surface area contributed by atoms with Gasteiger partial charge in [-0.2, -0.15) is 0 Å². The minimum Gasteiger partial charge on any atom is -0.475 e. The molecule has 2 nitrogen and oxygen atoms in total. The average molecular weight is 464 g/mol. The molecule has 3 aromatic rings. The largest absolute Gasteiger partial charge is 0.475 e. The number of hydrogen-bond donors (Lipinski definition) is 0. The lowest BCUT2D eigenvalue weighted by molar-refractivity contribution is 0.309. The highest BCUT2D eigenvalue weighted by atomic mass is 31.1. The van der Waals surface area contributed by atoms with Gasteiger partial charge in [-0.25, -0.2) is 4.99 Å². The number of aliphatic imine (C=N–C) groups is 1. The molecule has 0 saturated carbocycles. The Bertz CT molecular complexity index is 1190. The highest BCUT2D eigenvalue weighted by Crippen LogP contribution is 2.63. The van der Waals surface area contributed by atoms with E-state index in [0.717, 1.165) is 25.2 Å². The van der Waals surface area contributed by atoms with Gasteiger partial charge in [-0.05, 0) is 61.5 Å². The van der Waals surface area contributed by atoms with Crippen molar-refractivity contribution in [1.82, 2.24) is 0 Å². The van der Waals surface area contributed by atoms with E-state index in [9.17, 15) is 0 Å². The minimum absolute atomic E-state index is 0.0534. The summed E-state index contributed by atoms with van der Waals surface area (Å²) in [5.41, 5.74) is 2.73. The molecule has 1 heterocycles. The van der Waals surface area contributed by atoms with Crippen molar-refractivity contribution in [3.8, 4) is 0 Å². The Labute approximate surface area is 203 Å². The Kier molecular flexibility index (Phi) is 5.93. The van der Waals surface area contributed by atoms with Gasteiger partial charge in [-0.1, -0.05) is 103 Å². The molecule has 3 heteroatoms. The third kappa shape index (κ3) is 3.95. The predicted molar refractivity (Wildman–Crippen MR) is 143 cm³/mol. The minimum atomic E-state index is -0.594. The van der Waals surface area contributed by atoms with Crippen LogP contribution in [0.25, 0.3) is 0 Å². The van der Waals surface area contributed by atoms with Gasteiger partial charge in [-0.3, -0.25) is 0 Å². The second-order valence-corrected chi connectivity index (χ2v) is 11.6. The van der Waals surface area contributed by atoms with E-state index in [0.29, 0.717) is 6.61 Å². The molecule has 0 radical (unpaired) electrons. The fourth-order valence-corrected chi connectivity index (χ4v) is 8.71. The maximum atomic E-state index is 6.31. The third-order valence-corrected chi connectivity index (χ3v) is 10.1. The molecular formula is C31H30NOP. The number of benzene rings is 3. The average Bonchev–Trinajstić information content (AvgIpc) is 3.63. The monoisotopic (exact) mass is 463 g/mol. The van der Waals surface area contributed by atoms with Gasteiger partial charge in [0.25, 0.3) is 0 Å². The number of ether oxygens (including phenoxy) is 1. The molecule has 0 bridgehead atoms. The summed E-state index contributed by atoms with van der Waals surface area (Å²) >= 11 is 0. The highest BCUT2D eigenvalue weighted by Gasteiger charge is 2.48. The number of rotatable bonds is 6. The topological polar surface area (TPSA) is 21.6 Å². The van der Waals surface area contributed by atoms with Crippen LogP contribution in [0.4, 0.5) is 0 Å². The quantitative estimate of drug-likeness (QED) is 0.380. The first-order chi connectivity index (χ1) is 16.8. The molecule has 0 aromatic heterocycles. The molecule has 0 saturated heterocycles. The Morgan fingerprint density at radius 1 is 0.765 bits per heavy atom. The summed E-state index contributed by atoms with van der Waals surface area (Å²) in [5, 5.41) is 4.46. The van der Waals surface area contributed by atoms with Crippen LogP contribution in [-0.4, -0.2) is 18.5 Å².